The summed E-state index contributed by atoms with van der Waals surface area (Å²) in [5, 5.41) is 35.8. The molecule has 3 heterocycles. The Balaban J connectivity index is 1.53. The molecule has 0 aliphatic rings. The van der Waals surface area contributed by atoms with Crippen molar-refractivity contribution in [3.63, 3.8) is 0 Å². The number of nitrogens with zero attached hydrogens (tertiary/aromatic N) is 6. The highest BCUT2D eigenvalue weighted by molar-refractivity contribution is 5.88. The quantitative estimate of drug-likeness (QED) is 0.289. The van der Waals surface area contributed by atoms with Crippen molar-refractivity contribution in [1.82, 2.24) is 35.2 Å². The zero-order valence-corrected chi connectivity index (χ0v) is 20.8. The minimum absolute atomic E-state index is 0.0163. The lowest BCUT2D eigenvalue weighted by molar-refractivity contribution is 0.0602. The number of aromatic nitrogens is 7. The molecule has 3 aromatic heterocycles. The molecule has 3 N–H and O–H groups in total. The summed E-state index contributed by atoms with van der Waals surface area (Å²) in [4.78, 5) is 21.6. The number of imidazole rings is 1. The second kappa shape index (κ2) is 9.55. The highest BCUT2D eigenvalue weighted by Crippen LogP contribution is 2.30. The van der Waals surface area contributed by atoms with Crippen molar-refractivity contribution in [2.75, 3.05) is 0 Å². The van der Waals surface area contributed by atoms with Gasteiger partial charge in [0.05, 0.1) is 11.2 Å². The van der Waals surface area contributed by atoms with Crippen LogP contribution in [0.5, 0.6) is 0 Å². The Bertz CT molecular complexity index is 1580. The van der Waals surface area contributed by atoms with Crippen molar-refractivity contribution in [2.45, 2.75) is 45.8 Å². The molecule has 0 atom stereocenters. The molecule has 188 valence electrons. The fraction of sp³-hybridized carbons (Fsp3) is 0.259. The highest BCUT2D eigenvalue weighted by Gasteiger charge is 2.31. The molecule has 10 nitrogen and oxygen atoms in total. The fourth-order valence-electron chi connectivity index (χ4n) is 4.51. The summed E-state index contributed by atoms with van der Waals surface area (Å²) < 4.78 is 1.70. The Hall–Kier alpha value is -4.44. The average Bonchev–Trinajstić information content (AvgIpc) is 3.53. The van der Waals surface area contributed by atoms with E-state index in [1.807, 2.05) is 61.5 Å². The number of H-pyrrole nitrogens is 1. The van der Waals surface area contributed by atoms with Crippen LogP contribution < -0.4 is 0 Å². The van der Waals surface area contributed by atoms with E-state index < -0.39 is 11.6 Å². The number of tetrazole rings is 1. The van der Waals surface area contributed by atoms with Gasteiger partial charge >= 0.3 is 5.97 Å². The molecule has 0 radical (unpaired) electrons. The molecule has 0 spiro atoms. The van der Waals surface area contributed by atoms with Gasteiger partial charge in [0.2, 0.25) is 5.82 Å². The number of carboxylic acid groups (broad SMARTS) is 1. The SMILES string of the molecule is CCCc1nc(C(C)(C)O)c(C(=O)O)n1Cc1ccc2nc(-c3ccccc3-c3nn[nH]n3)ccc2c1. The molecule has 0 saturated carbocycles. The number of aliphatic hydroxyl groups is 1. The van der Waals surface area contributed by atoms with E-state index in [1.54, 1.807) is 18.4 Å². The van der Waals surface area contributed by atoms with E-state index in [1.165, 1.54) is 0 Å². The summed E-state index contributed by atoms with van der Waals surface area (Å²) in [6, 6.07) is 17.6. The summed E-state index contributed by atoms with van der Waals surface area (Å²) >= 11 is 0. The minimum Gasteiger partial charge on any atom is -0.477 e. The number of aromatic carboxylic acids is 1. The smallest absolute Gasteiger partial charge is 0.354 e. The van der Waals surface area contributed by atoms with E-state index in [9.17, 15) is 15.0 Å². The van der Waals surface area contributed by atoms with Gasteiger partial charge in [-0.1, -0.05) is 43.3 Å². The average molecular weight is 498 g/mol. The lowest BCUT2D eigenvalue weighted by Crippen LogP contribution is -2.22. The van der Waals surface area contributed by atoms with Crippen LogP contribution in [0.1, 0.15) is 54.8 Å². The van der Waals surface area contributed by atoms with Crippen LogP contribution >= 0.6 is 0 Å². The Morgan fingerprint density at radius 3 is 2.51 bits per heavy atom. The standard InChI is InChI=1S/C27H27N7O3/c1-4-7-22-29-24(27(2,3)37)23(26(35)36)34(22)15-16-10-12-20-17(14-16)11-13-21(28-20)18-8-5-6-9-19(18)25-30-32-33-31-25/h5-6,8-14,37H,4,7,15H2,1-3H3,(H,35,36)(H,30,31,32,33). The first-order chi connectivity index (χ1) is 17.8. The fourth-order valence-corrected chi connectivity index (χ4v) is 4.51. The van der Waals surface area contributed by atoms with Crippen LogP contribution in [0, 0.1) is 0 Å². The molecule has 37 heavy (non-hydrogen) atoms. The van der Waals surface area contributed by atoms with Crippen LogP contribution in [0.4, 0.5) is 0 Å². The maximum atomic E-state index is 12.2. The van der Waals surface area contributed by atoms with Crippen molar-refractivity contribution in [1.29, 1.82) is 0 Å². The van der Waals surface area contributed by atoms with Crippen molar-refractivity contribution >= 4 is 16.9 Å². The number of pyridine rings is 1. The molecule has 0 amide bonds. The van der Waals surface area contributed by atoms with Crippen molar-refractivity contribution in [3.8, 4) is 22.6 Å². The number of hydrogen-bond acceptors (Lipinski definition) is 7. The van der Waals surface area contributed by atoms with E-state index in [2.05, 4.69) is 25.6 Å². The van der Waals surface area contributed by atoms with E-state index >= 15 is 0 Å². The van der Waals surface area contributed by atoms with Crippen LogP contribution in [0.2, 0.25) is 0 Å². The number of carbonyl (C=O) groups is 1. The van der Waals surface area contributed by atoms with Gasteiger partial charge in [0.25, 0.3) is 0 Å². The summed E-state index contributed by atoms with van der Waals surface area (Å²) in [6.45, 7) is 5.44. The number of hydrogen-bond donors (Lipinski definition) is 3. The lowest BCUT2D eigenvalue weighted by Gasteiger charge is -2.16. The lowest BCUT2D eigenvalue weighted by atomic mass is 10.0. The van der Waals surface area contributed by atoms with Crippen LogP contribution in [0.15, 0.2) is 54.6 Å². The number of nitrogens with one attached hydrogen (secondary N) is 1. The summed E-state index contributed by atoms with van der Waals surface area (Å²) in [7, 11) is 0. The van der Waals surface area contributed by atoms with E-state index in [0.29, 0.717) is 24.6 Å². The monoisotopic (exact) mass is 497 g/mol. The third-order valence-corrected chi connectivity index (χ3v) is 6.19. The number of fused-ring (bicyclic) bond motifs is 1. The predicted molar refractivity (Wildman–Crippen MR) is 138 cm³/mol. The Kier molecular flexibility index (Phi) is 6.26. The van der Waals surface area contributed by atoms with Gasteiger partial charge in [0, 0.05) is 29.5 Å². The summed E-state index contributed by atoms with van der Waals surface area (Å²) in [6.07, 6.45) is 1.41. The number of aryl methyl sites for hydroxylation is 1. The Morgan fingerprint density at radius 1 is 1.05 bits per heavy atom. The van der Waals surface area contributed by atoms with Gasteiger partial charge < -0.3 is 14.8 Å². The summed E-state index contributed by atoms with van der Waals surface area (Å²) in [5.41, 5.74) is 3.04. The normalized spacial score (nSPS) is 11.8. The zero-order chi connectivity index (χ0) is 26.2. The minimum atomic E-state index is -1.37. The molecule has 5 aromatic rings. The summed E-state index contributed by atoms with van der Waals surface area (Å²) in [5.74, 6) is 0.0266. The third-order valence-electron chi connectivity index (χ3n) is 6.19. The van der Waals surface area contributed by atoms with E-state index in [0.717, 1.165) is 39.7 Å². The van der Waals surface area contributed by atoms with Gasteiger partial charge in [-0.25, -0.2) is 14.8 Å². The molecule has 2 aromatic carbocycles. The predicted octanol–water partition coefficient (Wildman–Crippen LogP) is 4.20. The largest absolute Gasteiger partial charge is 0.477 e. The molecule has 10 heteroatoms. The maximum absolute atomic E-state index is 12.2. The molecule has 0 unspecified atom stereocenters. The van der Waals surface area contributed by atoms with Crippen LogP contribution in [0.25, 0.3) is 33.5 Å². The second-order valence-electron chi connectivity index (χ2n) is 9.43. The number of aromatic amines is 1. The molecule has 0 aliphatic heterocycles. The first-order valence-electron chi connectivity index (χ1n) is 12.0. The van der Waals surface area contributed by atoms with E-state index in [-0.39, 0.29) is 11.4 Å². The van der Waals surface area contributed by atoms with Crippen molar-refractivity contribution in [3.05, 3.63) is 77.4 Å². The van der Waals surface area contributed by atoms with E-state index in [4.69, 9.17) is 4.98 Å². The molecular formula is C27H27N7O3. The number of benzene rings is 2. The van der Waals surface area contributed by atoms with Crippen molar-refractivity contribution < 1.29 is 15.0 Å². The first kappa shape index (κ1) is 24.3. The maximum Gasteiger partial charge on any atom is 0.354 e. The van der Waals surface area contributed by atoms with Gasteiger partial charge in [0.15, 0.2) is 5.69 Å². The second-order valence-corrected chi connectivity index (χ2v) is 9.43. The third kappa shape index (κ3) is 4.70. The van der Waals surface area contributed by atoms with Gasteiger partial charge in [-0.05, 0) is 49.2 Å². The Labute approximate surface area is 213 Å². The Morgan fingerprint density at radius 2 is 1.84 bits per heavy atom. The number of rotatable bonds is 8. The van der Waals surface area contributed by atoms with Crippen LogP contribution in [0.3, 0.4) is 0 Å². The van der Waals surface area contributed by atoms with Crippen LogP contribution in [-0.4, -0.2) is 51.3 Å². The molecule has 0 fully saturated rings. The van der Waals surface area contributed by atoms with Gasteiger partial charge in [-0.15, -0.1) is 10.2 Å². The molecule has 5 rings (SSSR count). The van der Waals surface area contributed by atoms with Crippen molar-refractivity contribution in [2.24, 2.45) is 0 Å². The number of carboxylic acids is 1. The van der Waals surface area contributed by atoms with Crippen LogP contribution in [-0.2, 0) is 18.6 Å². The molecule has 0 saturated heterocycles. The highest BCUT2D eigenvalue weighted by atomic mass is 16.4. The molecular weight excluding hydrogens is 470 g/mol. The first-order valence-corrected chi connectivity index (χ1v) is 12.0. The van der Waals surface area contributed by atoms with Gasteiger partial charge in [-0.2, -0.15) is 5.21 Å². The van der Waals surface area contributed by atoms with Gasteiger partial charge in [-0.3, -0.25) is 0 Å². The van der Waals surface area contributed by atoms with Gasteiger partial charge in [0.1, 0.15) is 17.1 Å². The topological polar surface area (TPSA) is 143 Å². The molecule has 0 bridgehead atoms. The zero-order valence-electron chi connectivity index (χ0n) is 20.8. The molecule has 0 aliphatic carbocycles.